The molecule has 0 aromatic heterocycles. The standard InChI is InChI=1S/C19H12O2S/c20-22-18-12-6-5-11-17(18)19(21-22)15-9-3-1-7-13(15)14-8-2-4-10-16(14)19/h1-12H. The van der Waals surface area contributed by atoms with E-state index < -0.39 is 16.7 Å². The van der Waals surface area contributed by atoms with Gasteiger partial charge in [-0.25, -0.2) is 4.21 Å². The fraction of sp³-hybridized carbons (Fsp3) is 0.0526. The first-order valence-corrected chi connectivity index (χ1v) is 8.30. The maximum absolute atomic E-state index is 12.5. The van der Waals surface area contributed by atoms with E-state index in [0.29, 0.717) is 0 Å². The second kappa shape index (κ2) is 4.15. The van der Waals surface area contributed by atoms with E-state index in [4.69, 9.17) is 4.18 Å². The Bertz CT molecular complexity index is 900. The zero-order valence-electron chi connectivity index (χ0n) is 11.7. The Morgan fingerprint density at radius 2 is 1.18 bits per heavy atom. The van der Waals surface area contributed by atoms with E-state index in [1.165, 1.54) is 0 Å². The van der Waals surface area contributed by atoms with Gasteiger partial charge in [0.25, 0.3) is 0 Å². The van der Waals surface area contributed by atoms with Crippen molar-refractivity contribution in [3.8, 4) is 11.1 Å². The van der Waals surface area contributed by atoms with Crippen LogP contribution in [0.4, 0.5) is 0 Å². The molecule has 1 heterocycles. The lowest BCUT2D eigenvalue weighted by Crippen LogP contribution is -2.26. The SMILES string of the molecule is O=S1OC2(c3ccccc3-c3ccccc32)c2ccccc21. The van der Waals surface area contributed by atoms with E-state index in [1.807, 2.05) is 48.5 Å². The monoisotopic (exact) mass is 304 g/mol. The summed E-state index contributed by atoms with van der Waals surface area (Å²) in [7, 11) is 0. The lowest BCUT2D eigenvalue weighted by molar-refractivity contribution is 0.198. The molecule has 1 spiro atoms. The summed E-state index contributed by atoms with van der Waals surface area (Å²) in [5.41, 5.74) is 4.72. The molecule has 1 unspecified atom stereocenters. The van der Waals surface area contributed by atoms with Gasteiger partial charge in [-0.3, -0.25) is 4.18 Å². The molecule has 0 saturated carbocycles. The summed E-state index contributed by atoms with van der Waals surface area (Å²) in [6.07, 6.45) is 0. The second-order valence-corrected chi connectivity index (χ2v) is 6.66. The van der Waals surface area contributed by atoms with Crippen molar-refractivity contribution >= 4 is 11.1 Å². The van der Waals surface area contributed by atoms with Gasteiger partial charge in [0.2, 0.25) is 0 Å². The van der Waals surface area contributed by atoms with Gasteiger partial charge in [0, 0.05) is 16.7 Å². The van der Waals surface area contributed by atoms with E-state index in [1.54, 1.807) is 0 Å². The molecule has 0 N–H and O–H groups in total. The van der Waals surface area contributed by atoms with Crippen LogP contribution in [0.15, 0.2) is 77.7 Å². The van der Waals surface area contributed by atoms with Crippen LogP contribution in [-0.2, 0) is 20.9 Å². The smallest absolute Gasteiger partial charge is 0.191 e. The highest BCUT2D eigenvalue weighted by molar-refractivity contribution is 7.80. The summed E-state index contributed by atoms with van der Waals surface area (Å²) in [6, 6.07) is 24.3. The van der Waals surface area contributed by atoms with E-state index in [0.717, 1.165) is 32.7 Å². The molecule has 1 aliphatic carbocycles. The zero-order chi connectivity index (χ0) is 14.7. The van der Waals surface area contributed by atoms with Crippen molar-refractivity contribution in [3.05, 3.63) is 89.5 Å². The molecule has 0 radical (unpaired) electrons. The molecule has 3 aromatic carbocycles. The summed E-state index contributed by atoms with van der Waals surface area (Å²) in [5.74, 6) is 0. The molecule has 3 heteroatoms. The molecular formula is C19H12O2S. The average Bonchev–Trinajstić information content (AvgIpc) is 3.04. The van der Waals surface area contributed by atoms with Crippen LogP contribution in [-0.4, -0.2) is 4.21 Å². The molecule has 22 heavy (non-hydrogen) atoms. The topological polar surface area (TPSA) is 26.3 Å². The van der Waals surface area contributed by atoms with E-state index >= 15 is 0 Å². The van der Waals surface area contributed by atoms with Crippen LogP contribution in [0.2, 0.25) is 0 Å². The highest BCUT2D eigenvalue weighted by Gasteiger charge is 2.52. The van der Waals surface area contributed by atoms with Crippen molar-refractivity contribution in [2.45, 2.75) is 10.5 Å². The van der Waals surface area contributed by atoms with Gasteiger partial charge in [0.1, 0.15) is 0 Å². The summed E-state index contributed by atoms with van der Waals surface area (Å²) < 4.78 is 18.6. The first-order valence-electron chi connectivity index (χ1n) is 7.22. The molecule has 106 valence electrons. The third kappa shape index (κ3) is 1.31. The molecular weight excluding hydrogens is 292 g/mol. The van der Waals surface area contributed by atoms with E-state index in [9.17, 15) is 4.21 Å². The fourth-order valence-electron chi connectivity index (χ4n) is 3.68. The summed E-state index contributed by atoms with van der Waals surface area (Å²) in [5, 5.41) is 0. The van der Waals surface area contributed by atoms with Crippen LogP contribution >= 0.6 is 0 Å². The largest absolute Gasteiger partial charge is 0.265 e. The maximum Gasteiger partial charge on any atom is 0.191 e. The van der Waals surface area contributed by atoms with Crippen molar-refractivity contribution in [3.63, 3.8) is 0 Å². The molecule has 5 rings (SSSR count). The van der Waals surface area contributed by atoms with Crippen molar-refractivity contribution in [1.29, 1.82) is 0 Å². The van der Waals surface area contributed by atoms with Gasteiger partial charge in [-0.05, 0) is 17.2 Å². The van der Waals surface area contributed by atoms with Crippen molar-refractivity contribution in [1.82, 2.24) is 0 Å². The Labute approximate surface area is 131 Å². The minimum absolute atomic E-state index is 0.741. The third-order valence-corrected chi connectivity index (χ3v) is 5.67. The highest BCUT2D eigenvalue weighted by atomic mass is 32.2. The first-order chi connectivity index (χ1) is 10.8. The summed E-state index contributed by atoms with van der Waals surface area (Å²) >= 11 is -1.44. The van der Waals surface area contributed by atoms with Crippen LogP contribution in [0.25, 0.3) is 11.1 Å². The normalized spacial score (nSPS) is 19.7. The molecule has 1 aliphatic heterocycles. The van der Waals surface area contributed by atoms with Crippen molar-refractivity contribution < 1.29 is 8.39 Å². The highest BCUT2D eigenvalue weighted by Crippen LogP contribution is 2.57. The Kier molecular flexibility index (Phi) is 2.33. The molecule has 3 aromatic rings. The summed E-state index contributed by atoms with van der Waals surface area (Å²) in [4.78, 5) is 0.772. The molecule has 1 atom stereocenters. The lowest BCUT2D eigenvalue weighted by atomic mass is 9.84. The maximum atomic E-state index is 12.5. The van der Waals surface area contributed by atoms with E-state index in [2.05, 4.69) is 24.3 Å². The minimum atomic E-state index is -1.44. The van der Waals surface area contributed by atoms with Gasteiger partial charge in [0.05, 0.1) is 4.90 Å². The van der Waals surface area contributed by atoms with Crippen LogP contribution in [0.1, 0.15) is 16.7 Å². The second-order valence-electron chi connectivity index (χ2n) is 5.59. The number of rotatable bonds is 0. The van der Waals surface area contributed by atoms with Crippen LogP contribution < -0.4 is 0 Å². The number of benzene rings is 3. The Morgan fingerprint density at radius 3 is 1.82 bits per heavy atom. The number of hydrogen-bond donors (Lipinski definition) is 0. The number of hydrogen-bond acceptors (Lipinski definition) is 2. The van der Waals surface area contributed by atoms with Crippen LogP contribution in [0.5, 0.6) is 0 Å². The molecule has 0 bridgehead atoms. The van der Waals surface area contributed by atoms with E-state index in [-0.39, 0.29) is 0 Å². The predicted octanol–water partition coefficient (Wildman–Crippen LogP) is 4.01. The molecule has 2 aliphatic rings. The lowest BCUT2D eigenvalue weighted by Gasteiger charge is -2.25. The van der Waals surface area contributed by atoms with Gasteiger partial charge in [-0.2, -0.15) is 0 Å². The Morgan fingerprint density at radius 1 is 0.682 bits per heavy atom. The van der Waals surface area contributed by atoms with Crippen molar-refractivity contribution in [2.24, 2.45) is 0 Å². The zero-order valence-corrected chi connectivity index (χ0v) is 12.5. The van der Waals surface area contributed by atoms with Gasteiger partial charge >= 0.3 is 0 Å². The summed E-state index contributed by atoms with van der Waals surface area (Å²) in [6.45, 7) is 0. The predicted molar refractivity (Wildman–Crippen MR) is 85.7 cm³/mol. The third-order valence-electron chi connectivity index (χ3n) is 4.55. The minimum Gasteiger partial charge on any atom is -0.265 e. The fourth-order valence-corrected chi connectivity index (χ4v) is 4.85. The number of fused-ring (bicyclic) bond motifs is 7. The van der Waals surface area contributed by atoms with Crippen molar-refractivity contribution in [2.75, 3.05) is 0 Å². The molecule has 0 amide bonds. The van der Waals surface area contributed by atoms with Gasteiger partial charge in [0.15, 0.2) is 16.7 Å². The molecule has 2 nitrogen and oxygen atoms in total. The van der Waals surface area contributed by atoms with Gasteiger partial charge in [-0.15, -0.1) is 0 Å². The Balaban J connectivity index is 1.96. The Hall–Kier alpha value is -2.23. The van der Waals surface area contributed by atoms with Gasteiger partial charge < -0.3 is 0 Å². The quantitative estimate of drug-likeness (QED) is 0.627. The first kappa shape index (κ1) is 12.3. The van der Waals surface area contributed by atoms with Crippen LogP contribution in [0.3, 0.4) is 0 Å². The molecule has 0 saturated heterocycles. The van der Waals surface area contributed by atoms with Gasteiger partial charge in [-0.1, -0.05) is 66.7 Å². The average molecular weight is 304 g/mol. The van der Waals surface area contributed by atoms with Crippen LogP contribution in [0, 0.1) is 0 Å². The molecule has 0 fully saturated rings.